The van der Waals surface area contributed by atoms with E-state index in [-0.39, 0.29) is 0 Å². The van der Waals surface area contributed by atoms with Crippen molar-refractivity contribution in [3.8, 4) is 0 Å². The normalized spacial score (nSPS) is 11.6. The summed E-state index contributed by atoms with van der Waals surface area (Å²) in [7, 11) is 0. The molecule has 5 nitrogen and oxygen atoms in total. The Kier molecular flexibility index (Phi) is 3.41. The van der Waals surface area contributed by atoms with Crippen LogP contribution in [0.5, 0.6) is 0 Å². The van der Waals surface area contributed by atoms with Crippen molar-refractivity contribution in [1.29, 1.82) is 0 Å². The van der Waals surface area contributed by atoms with Gasteiger partial charge in [0.15, 0.2) is 0 Å². The fourth-order valence-corrected chi connectivity index (χ4v) is 1.31. The lowest BCUT2D eigenvalue weighted by atomic mass is 10.1. The predicted octanol–water partition coefficient (Wildman–Crippen LogP) is 1.14. The molecule has 1 rings (SSSR count). The van der Waals surface area contributed by atoms with Gasteiger partial charge in [-0.25, -0.2) is 0 Å². The second-order valence-corrected chi connectivity index (χ2v) is 4.63. The molecular weight excluding hydrogens is 226 g/mol. The third-order valence-electron chi connectivity index (χ3n) is 1.74. The van der Waals surface area contributed by atoms with Gasteiger partial charge in [0.25, 0.3) is 0 Å². The first-order chi connectivity index (χ1) is 6.43. The Morgan fingerprint density at radius 2 is 2.36 bits per heavy atom. The molecule has 0 aromatic carbocycles. The Morgan fingerprint density at radius 3 is 2.79 bits per heavy atom. The standard InChI is InChI=1S/C7H10ClN3O2S/c1-7(2,6(12)13)9-3-4-5(8)14-11-10-4/h9H,3H2,1-2H3,(H,12,13). The van der Waals surface area contributed by atoms with Gasteiger partial charge in [-0.05, 0) is 13.8 Å². The van der Waals surface area contributed by atoms with Gasteiger partial charge in [0.1, 0.15) is 15.6 Å². The molecule has 0 amide bonds. The minimum atomic E-state index is -0.993. The molecule has 0 saturated carbocycles. The summed E-state index contributed by atoms with van der Waals surface area (Å²) in [6, 6.07) is 0. The molecule has 2 N–H and O–H groups in total. The number of nitrogens with zero attached hydrogens (tertiary/aromatic N) is 2. The molecule has 0 atom stereocenters. The lowest BCUT2D eigenvalue weighted by Gasteiger charge is -2.20. The average Bonchev–Trinajstić information content (AvgIpc) is 2.47. The number of aliphatic carboxylic acids is 1. The highest BCUT2D eigenvalue weighted by Crippen LogP contribution is 2.17. The zero-order valence-corrected chi connectivity index (χ0v) is 9.32. The second kappa shape index (κ2) is 4.20. The molecule has 1 aromatic heterocycles. The Balaban J connectivity index is 2.57. The van der Waals surface area contributed by atoms with Gasteiger partial charge in [-0.2, -0.15) is 0 Å². The number of halogens is 1. The van der Waals surface area contributed by atoms with Crippen molar-refractivity contribution < 1.29 is 9.90 Å². The zero-order valence-electron chi connectivity index (χ0n) is 7.74. The number of carboxylic acid groups (broad SMARTS) is 1. The SMILES string of the molecule is CC(C)(NCc1nnsc1Cl)C(=O)O. The molecule has 0 bridgehead atoms. The second-order valence-electron chi connectivity index (χ2n) is 3.28. The monoisotopic (exact) mass is 235 g/mol. The number of hydrogen-bond acceptors (Lipinski definition) is 5. The molecule has 0 spiro atoms. The van der Waals surface area contributed by atoms with Crippen LogP contribution in [0.2, 0.25) is 4.34 Å². The van der Waals surface area contributed by atoms with Crippen LogP contribution in [0.1, 0.15) is 19.5 Å². The average molecular weight is 236 g/mol. The third-order valence-corrected chi connectivity index (χ3v) is 2.73. The van der Waals surface area contributed by atoms with Crippen molar-refractivity contribution in [1.82, 2.24) is 14.9 Å². The molecular formula is C7H10ClN3O2S. The number of rotatable bonds is 4. The van der Waals surface area contributed by atoms with E-state index in [0.717, 1.165) is 11.5 Å². The van der Waals surface area contributed by atoms with Gasteiger partial charge in [0, 0.05) is 18.1 Å². The van der Waals surface area contributed by atoms with E-state index in [2.05, 4.69) is 14.9 Å². The first-order valence-electron chi connectivity index (χ1n) is 3.88. The Labute approximate surface area is 90.3 Å². The van der Waals surface area contributed by atoms with Gasteiger partial charge >= 0.3 is 5.97 Å². The van der Waals surface area contributed by atoms with E-state index >= 15 is 0 Å². The van der Waals surface area contributed by atoms with Crippen molar-refractivity contribution in [2.75, 3.05) is 0 Å². The molecule has 0 aliphatic rings. The van der Waals surface area contributed by atoms with Crippen LogP contribution in [0.3, 0.4) is 0 Å². The van der Waals surface area contributed by atoms with Gasteiger partial charge in [-0.15, -0.1) is 5.10 Å². The van der Waals surface area contributed by atoms with Crippen LogP contribution in [0.15, 0.2) is 0 Å². The number of carboxylic acids is 1. The summed E-state index contributed by atoms with van der Waals surface area (Å²) in [6.07, 6.45) is 0. The minimum absolute atomic E-state index is 0.300. The van der Waals surface area contributed by atoms with Crippen LogP contribution in [-0.4, -0.2) is 26.2 Å². The highest BCUT2D eigenvalue weighted by molar-refractivity contribution is 7.10. The fourth-order valence-electron chi connectivity index (χ4n) is 0.683. The van der Waals surface area contributed by atoms with Gasteiger partial charge < -0.3 is 5.11 Å². The summed E-state index contributed by atoms with van der Waals surface area (Å²) in [5.41, 5.74) is -0.418. The third kappa shape index (κ3) is 2.63. The lowest BCUT2D eigenvalue weighted by molar-refractivity contribution is -0.143. The van der Waals surface area contributed by atoms with Crippen LogP contribution < -0.4 is 5.32 Å². The molecule has 78 valence electrons. The summed E-state index contributed by atoms with van der Waals surface area (Å²) in [5, 5.41) is 15.4. The van der Waals surface area contributed by atoms with Crippen LogP contribution in [0, 0.1) is 0 Å². The van der Waals surface area contributed by atoms with E-state index in [0.29, 0.717) is 16.6 Å². The van der Waals surface area contributed by atoms with E-state index in [1.54, 1.807) is 13.8 Å². The lowest BCUT2D eigenvalue weighted by Crippen LogP contribution is -2.46. The molecule has 0 fully saturated rings. The van der Waals surface area contributed by atoms with Gasteiger partial charge in [0.05, 0.1) is 0 Å². The molecule has 0 unspecified atom stereocenters. The molecule has 0 saturated heterocycles. The summed E-state index contributed by atoms with van der Waals surface area (Å²) in [4.78, 5) is 10.7. The van der Waals surface area contributed by atoms with Gasteiger partial charge in [-0.1, -0.05) is 16.1 Å². The maximum atomic E-state index is 10.7. The number of carbonyl (C=O) groups is 1. The van der Waals surface area contributed by atoms with Crippen molar-refractivity contribution in [3.63, 3.8) is 0 Å². The Morgan fingerprint density at radius 1 is 1.71 bits per heavy atom. The van der Waals surface area contributed by atoms with E-state index in [9.17, 15) is 4.79 Å². The maximum Gasteiger partial charge on any atom is 0.323 e. The topological polar surface area (TPSA) is 75.1 Å². The Bertz CT molecular complexity index is 339. The molecule has 0 radical (unpaired) electrons. The summed E-state index contributed by atoms with van der Waals surface area (Å²) < 4.78 is 4.12. The summed E-state index contributed by atoms with van der Waals surface area (Å²) >= 11 is 6.83. The van der Waals surface area contributed by atoms with Crippen molar-refractivity contribution in [2.45, 2.75) is 25.9 Å². The molecule has 1 heterocycles. The van der Waals surface area contributed by atoms with E-state index < -0.39 is 11.5 Å². The summed E-state index contributed by atoms with van der Waals surface area (Å²) in [5.74, 6) is -0.920. The van der Waals surface area contributed by atoms with Crippen LogP contribution in [0.25, 0.3) is 0 Å². The molecule has 0 aliphatic carbocycles. The van der Waals surface area contributed by atoms with Gasteiger partial charge in [-0.3, -0.25) is 10.1 Å². The quantitative estimate of drug-likeness (QED) is 0.819. The largest absolute Gasteiger partial charge is 0.480 e. The molecule has 1 aromatic rings. The van der Waals surface area contributed by atoms with E-state index in [1.807, 2.05) is 0 Å². The van der Waals surface area contributed by atoms with E-state index in [1.165, 1.54) is 0 Å². The van der Waals surface area contributed by atoms with Crippen LogP contribution in [0.4, 0.5) is 0 Å². The van der Waals surface area contributed by atoms with Crippen molar-refractivity contribution >= 4 is 29.1 Å². The molecule has 7 heteroatoms. The highest BCUT2D eigenvalue weighted by Gasteiger charge is 2.26. The van der Waals surface area contributed by atoms with E-state index in [4.69, 9.17) is 16.7 Å². The minimum Gasteiger partial charge on any atom is -0.480 e. The predicted molar refractivity (Wildman–Crippen MR) is 53.5 cm³/mol. The zero-order chi connectivity index (χ0) is 10.8. The fraction of sp³-hybridized carbons (Fsp3) is 0.571. The Hall–Kier alpha value is -0.720. The first-order valence-corrected chi connectivity index (χ1v) is 5.04. The molecule has 14 heavy (non-hydrogen) atoms. The summed E-state index contributed by atoms with van der Waals surface area (Å²) in [6.45, 7) is 3.45. The van der Waals surface area contributed by atoms with Crippen molar-refractivity contribution in [2.24, 2.45) is 0 Å². The van der Waals surface area contributed by atoms with Crippen LogP contribution in [-0.2, 0) is 11.3 Å². The highest BCUT2D eigenvalue weighted by atomic mass is 35.5. The number of aromatic nitrogens is 2. The number of nitrogens with one attached hydrogen (secondary N) is 1. The van der Waals surface area contributed by atoms with Gasteiger partial charge in [0.2, 0.25) is 0 Å². The smallest absolute Gasteiger partial charge is 0.323 e. The maximum absolute atomic E-state index is 10.7. The molecule has 0 aliphatic heterocycles. The first kappa shape index (κ1) is 11.4. The van der Waals surface area contributed by atoms with Crippen LogP contribution >= 0.6 is 23.1 Å². The van der Waals surface area contributed by atoms with Crippen molar-refractivity contribution in [3.05, 3.63) is 10.0 Å². The number of hydrogen-bond donors (Lipinski definition) is 2.